The third kappa shape index (κ3) is 5.21. The summed E-state index contributed by atoms with van der Waals surface area (Å²) in [4.78, 5) is 10.5. The first-order chi connectivity index (χ1) is 6.40. The highest BCUT2D eigenvalue weighted by Crippen LogP contribution is 2.32. The molecule has 0 aliphatic carbocycles. The Morgan fingerprint density at radius 1 is 1.36 bits per heavy atom. The summed E-state index contributed by atoms with van der Waals surface area (Å²) in [5, 5.41) is 0. The second-order valence-corrected chi connectivity index (χ2v) is 5.12. The largest absolute Gasteiger partial charge is 0.303 e. The minimum absolute atomic E-state index is 0.150. The van der Waals surface area contributed by atoms with Crippen molar-refractivity contribution < 1.29 is 4.79 Å². The minimum Gasteiger partial charge on any atom is -0.303 e. The first kappa shape index (κ1) is 13.4. The molecule has 82 valence electrons. The molecule has 0 bridgehead atoms. The molecule has 0 saturated carbocycles. The topological polar surface area (TPSA) is 17.1 Å². The van der Waals surface area contributed by atoms with Crippen LogP contribution in [0.2, 0.25) is 0 Å². The minimum atomic E-state index is 0.150. The van der Waals surface area contributed by atoms with Gasteiger partial charge in [0.05, 0.1) is 0 Å². The molecule has 1 atom stereocenters. The number of allylic oxidation sites excluding steroid dienone is 2. The van der Waals surface area contributed by atoms with Crippen LogP contribution in [0.1, 0.15) is 53.9 Å². The van der Waals surface area contributed by atoms with Gasteiger partial charge >= 0.3 is 0 Å². The average Bonchev–Trinajstić information content (AvgIpc) is 2.03. The lowest BCUT2D eigenvalue weighted by Crippen LogP contribution is -2.21. The summed E-state index contributed by atoms with van der Waals surface area (Å²) in [6.07, 6.45) is 6.28. The zero-order valence-electron chi connectivity index (χ0n) is 10.3. The molecule has 0 radical (unpaired) electrons. The molecule has 0 heterocycles. The van der Waals surface area contributed by atoms with Gasteiger partial charge in [0.15, 0.2) is 0 Å². The molecule has 1 heteroatoms. The van der Waals surface area contributed by atoms with E-state index in [0.29, 0.717) is 12.3 Å². The van der Waals surface area contributed by atoms with E-state index < -0.39 is 0 Å². The van der Waals surface area contributed by atoms with Crippen molar-refractivity contribution in [2.24, 2.45) is 11.3 Å². The van der Waals surface area contributed by atoms with E-state index in [1.807, 2.05) is 0 Å². The summed E-state index contributed by atoms with van der Waals surface area (Å²) in [7, 11) is 0. The maximum absolute atomic E-state index is 10.5. The van der Waals surface area contributed by atoms with Crippen LogP contribution in [0.3, 0.4) is 0 Å². The third-order valence-electron chi connectivity index (χ3n) is 3.10. The fraction of sp³-hybridized carbons (Fsp3) is 0.769. The van der Waals surface area contributed by atoms with E-state index in [2.05, 4.69) is 40.7 Å². The van der Waals surface area contributed by atoms with Crippen molar-refractivity contribution in [2.75, 3.05) is 0 Å². The van der Waals surface area contributed by atoms with Gasteiger partial charge in [0.1, 0.15) is 6.29 Å². The number of aldehydes is 1. The fourth-order valence-corrected chi connectivity index (χ4v) is 1.43. The van der Waals surface area contributed by atoms with Crippen LogP contribution >= 0.6 is 0 Å². The Hall–Kier alpha value is -0.590. The molecular formula is C13H24O. The fourth-order valence-electron chi connectivity index (χ4n) is 1.43. The van der Waals surface area contributed by atoms with Crippen LogP contribution in [0.25, 0.3) is 0 Å². The van der Waals surface area contributed by atoms with Crippen molar-refractivity contribution in [3.63, 3.8) is 0 Å². The third-order valence-corrected chi connectivity index (χ3v) is 3.10. The van der Waals surface area contributed by atoms with Crippen LogP contribution in [0.15, 0.2) is 11.6 Å². The highest BCUT2D eigenvalue weighted by Gasteiger charge is 2.24. The summed E-state index contributed by atoms with van der Waals surface area (Å²) in [6, 6.07) is 0. The molecule has 0 N–H and O–H groups in total. The van der Waals surface area contributed by atoms with Crippen molar-refractivity contribution in [1.82, 2.24) is 0 Å². The normalized spacial score (nSPS) is 13.5. The van der Waals surface area contributed by atoms with E-state index in [1.165, 1.54) is 12.0 Å². The molecule has 14 heavy (non-hydrogen) atoms. The maximum atomic E-state index is 10.5. The van der Waals surface area contributed by atoms with E-state index >= 15 is 0 Å². The first-order valence-corrected chi connectivity index (χ1v) is 5.47. The lowest BCUT2D eigenvalue weighted by atomic mass is 9.75. The monoisotopic (exact) mass is 196 g/mol. The van der Waals surface area contributed by atoms with Crippen molar-refractivity contribution in [1.29, 1.82) is 0 Å². The van der Waals surface area contributed by atoms with Gasteiger partial charge in [-0.2, -0.15) is 0 Å². The summed E-state index contributed by atoms with van der Waals surface area (Å²) in [6.45, 7) is 10.8. The van der Waals surface area contributed by atoms with Crippen molar-refractivity contribution >= 4 is 6.29 Å². The van der Waals surface area contributed by atoms with Crippen LogP contribution in [0.4, 0.5) is 0 Å². The van der Waals surface area contributed by atoms with Crippen molar-refractivity contribution in [3.8, 4) is 0 Å². The molecule has 0 saturated heterocycles. The molecule has 0 rings (SSSR count). The molecule has 0 aliphatic heterocycles. The van der Waals surface area contributed by atoms with Crippen LogP contribution in [0, 0.1) is 11.3 Å². The SMILES string of the molecule is CC(C)=CCCC(C)C(C)(C)CC=O. The smallest absolute Gasteiger partial charge is 0.120 e. The van der Waals surface area contributed by atoms with E-state index in [1.54, 1.807) is 0 Å². The van der Waals surface area contributed by atoms with Crippen LogP contribution in [-0.4, -0.2) is 6.29 Å². The Balaban J connectivity index is 4.00. The first-order valence-electron chi connectivity index (χ1n) is 5.47. The molecule has 0 aromatic carbocycles. The highest BCUT2D eigenvalue weighted by molar-refractivity contribution is 5.50. The molecule has 0 aliphatic rings. The van der Waals surface area contributed by atoms with Gasteiger partial charge in [0, 0.05) is 6.42 Å². The maximum Gasteiger partial charge on any atom is 0.120 e. The van der Waals surface area contributed by atoms with Gasteiger partial charge in [0.25, 0.3) is 0 Å². The van der Waals surface area contributed by atoms with Gasteiger partial charge in [-0.15, -0.1) is 0 Å². The lowest BCUT2D eigenvalue weighted by molar-refractivity contribution is -0.110. The van der Waals surface area contributed by atoms with Crippen molar-refractivity contribution in [2.45, 2.75) is 53.9 Å². The second kappa shape index (κ2) is 6.00. The Labute approximate surface area is 88.6 Å². The van der Waals surface area contributed by atoms with Gasteiger partial charge in [-0.3, -0.25) is 0 Å². The van der Waals surface area contributed by atoms with E-state index in [4.69, 9.17) is 0 Å². The van der Waals surface area contributed by atoms with E-state index in [9.17, 15) is 4.79 Å². The molecule has 1 unspecified atom stereocenters. The number of hydrogen-bond donors (Lipinski definition) is 0. The summed E-state index contributed by atoms with van der Waals surface area (Å²) < 4.78 is 0. The number of carbonyl (C=O) groups is 1. The Morgan fingerprint density at radius 3 is 2.36 bits per heavy atom. The molecule has 1 nitrogen and oxygen atoms in total. The highest BCUT2D eigenvalue weighted by atomic mass is 16.1. The van der Waals surface area contributed by atoms with Gasteiger partial charge in [-0.1, -0.05) is 32.4 Å². The Morgan fingerprint density at radius 2 is 1.93 bits per heavy atom. The summed E-state index contributed by atoms with van der Waals surface area (Å²) >= 11 is 0. The van der Waals surface area contributed by atoms with Crippen molar-refractivity contribution in [3.05, 3.63) is 11.6 Å². The van der Waals surface area contributed by atoms with Crippen LogP contribution < -0.4 is 0 Å². The van der Waals surface area contributed by atoms with Gasteiger partial charge in [0.2, 0.25) is 0 Å². The zero-order chi connectivity index (χ0) is 11.2. The average molecular weight is 196 g/mol. The van der Waals surface area contributed by atoms with Gasteiger partial charge in [-0.25, -0.2) is 0 Å². The Bertz CT molecular complexity index is 197. The molecule has 0 spiro atoms. The molecule has 0 amide bonds. The Kier molecular flexibility index (Phi) is 5.75. The summed E-state index contributed by atoms with van der Waals surface area (Å²) in [5.41, 5.74) is 1.53. The van der Waals surface area contributed by atoms with Gasteiger partial charge < -0.3 is 4.79 Å². The van der Waals surface area contributed by atoms with E-state index in [-0.39, 0.29) is 5.41 Å². The summed E-state index contributed by atoms with van der Waals surface area (Å²) in [5.74, 6) is 0.600. The van der Waals surface area contributed by atoms with E-state index in [0.717, 1.165) is 12.7 Å². The predicted octanol–water partition coefficient (Wildman–Crippen LogP) is 3.98. The standard InChI is InChI=1S/C13H24O/c1-11(2)7-6-8-12(3)13(4,5)9-10-14/h7,10,12H,6,8-9H2,1-5H3. The number of rotatable bonds is 6. The van der Waals surface area contributed by atoms with Crippen LogP contribution in [0.5, 0.6) is 0 Å². The zero-order valence-corrected chi connectivity index (χ0v) is 10.3. The molecule has 0 fully saturated rings. The predicted molar refractivity (Wildman–Crippen MR) is 62.3 cm³/mol. The lowest BCUT2D eigenvalue weighted by Gasteiger charge is -2.29. The number of carbonyl (C=O) groups excluding carboxylic acids is 1. The quantitative estimate of drug-likeness (QED) is 0.464. The molecular weight excluding hydrogens is 172 g/mol. The van der Waals surface area contributed by atoms with Crippen LogP contribution in [-0.2, 0) is 4.79 Å². The number of hydrogen-bond acceptors (Lipinski definition) is 1. The molecule has 0 aromatic heterocycles. The second-order valence-electron chi connectivity index (χ2n) is 5.12. The molecule has 0 aromatic rings. The van der Waals surface area contributed by atoms with Gasteiger partial charge in [-0.05, 0) is 38.0 Å².